The maximum atomic E-state index is 12.1. The smallest absolute Gasteiger partial charge is 0.308 e. The lowest BCUT2D eigenvalue weighted by Gasteiger charge is -2.46. The molecule has 0 aromatic carbocycles. The molecule has 0 aromatic rings. The Morgan fingerprint density at radius 1 is 0.750 bits per heavy atom. The van der Waals surface area contributed by atoms with Crippen LogP contribution in [0.5, 0.6) is 0 Å². The summed E-state index contributed by atoms with van der Waals surface area (Å²) in [7, 11) is 0. The number of hydrogen-bond donors (Lipinski definition) is 4. The van der Waals surface area contributed by atoms with Crippen LogP contribution < -0.4 is 0 Å². The lowest BCUT2D eigenvalue weighted by molar-refractivity contribution is -0.365. The van der Waals surface area contributed by atoms with Crippen LogP contribution in [0.3, 0.4) is 0 Å². The standard InChI is InChI=1S/C28H50O12/c1-7-8-9-10-11-12-13-35-28-24(20(30)19(29)18(38-28)14-36-25(33)15(2)3)40-27-22(32)21(31)23(17(6)37-27)39-26(34)16(4)5/h15-24,27-32H,7-14H2,1-6H3/t17-,18+,19+,20-,21-,22+,23-,24+,27-,28+/m0/s1. The summed E-state index contributed by atoms with van der Waals surface area (Å²) in [5, 5.41) is 43.2. The molecular formula is C28H50O12. The molecule has 2 aliphatic heterocycles. The summed E-state index contributed by atoms with van der Waals surface area (Å²) in [6, 6.07) is 0. The van der Waals surface area contributed by atoms with E-state index < -0.39 is 79.3 Å². The first-order valence-electron chi connectivity index (χ1n) is 14.6. The van der Waals surface area contributed by atoms with Crippen LogP contribution in [0.1, 0.15) is 80.1 Å². The number of unbranched alkanes of at least 4 members (excludes halogenated alkanes) is 5. The molecule has 234 valence electrons. The van der Waals surface area contributed by atoms with Gasteiger partial charge in [0.15, 0.2) is 18.7 Å². The Bertz CT molecular complexity index is 762. The molecule has 10 atom stereocenters. The van der Waals surface area contributed by atoms with Gasteiger partial charge >= 0.3 is 11.9 Å². The van der Waals surface area contributed by atoms with Gasteiger partial charge in [0, 0.05) is 6.61 Å². The van der Waals surface area contributed by atoms with Gasteiger partial charge in [-0.1, -0.05) is 66.7 Å². The average molecular weight is 579 g/mol. The van der Waals surface area contributed by atoms with Crippen molar-refractivity contribution in [3.05, 3.63) is 0 Å². The Morgan fingerprint density at radius 2 is 1.35 bits per heavy atom. The fourth-order valence-corrected chi connectivity index (χ4v) is 4.44. The molecule has 0 saturated carbocycles. The SMILES string of the molecule is CCCCCCCCO[C@@H]1O[C@H](COC(=O)C(C)C)[C@@H](O)[C@H](O)[C@H]1O[C@@H]1O[C@@H](C)[C@H](OC(=O)C(C)C)[C@@H](O)[C@H]1O. The predicted molar refractivity (Wildman–Crippen MR) is 142 cm³/mol. The summed E-state index contributed by atoms with van der Waals surface area (Å²) in [4.78, 5) is 24.0. The van der Waals surface area contributed by atoms with Crippen LogP contribution in [-0.4, -0.2) is 107 Å². The molecule has 0 spiro atoms. The van der Waals surface area contributed by atoms with Gasteiger partial charge < -0.3 is 48.8 Å². The molecule has 12 heteroatoms. The molecule has 0 unspecified atom stereocenters. The Balaban J connectivity index is 2.10. The third-order valence-corrected chi connectivity index (χ3v) is 7.08. The second-order valence-electron chi connectivity index (χ2n) is 11.3. The third kappa shape index (κ3) is 9.87. The molecule has 0 aliphatic carbocycles. The lowest BCUT2D eigenvalue weighted by Crippen LogP contribution is -2.64. The Kier molecular flexibility index (Phi) is 14.7. The summed E-state index contributed by atoms with van der Waals surface area (Å²) in [5.74, 6) is -1.87. The van der Waals surface area contributed by atoms with Crippen LogP contribution >= 0.6 is 0 Å². The first-order valence-corrected chi connectivity index (χ1v) is 14.6. The van der Waals surface area contributed by atoms with Gasteiger partial charge in [-0.3, -0.25) is 9.59 Å². The molecule has 0 bridgehead atoms. The fourth-order valence-electron chi connectivity index (χ4n) is 4.44. The van der Waals surface area contributed by atoms with Crippen LogP contribution in [0.2, 0.25) is 0 Å². The van der Waals surface area contributed by atoms with Gasteiger partial charge in [-0.15, -0.1) is 0 Å². The molecule has 40 heavy (non-hydrogen) atoms. The molecule has 12 nitrogen and oxygen atoms in total. The highest BCUT2D eigenvalue weighted by atomic mass is 16.8. The maximum absolute atomic E-state index is 12.1. The van der Waals surface area contributed by atoms with Gasteiger partial charge in [0.05, 0.1) is 17.9 Å². The highest BCUT2D eigenvalue weighted by Gasteiger charge is 2.51. The van der Waals surface area contributed by atoms with Gasteiger partial charge in [-0.25, -0.2) is 0 Å². The van der Waals surface area contributed by atoms with Gasteiger partial charge in [0.2, 0.25) is 0 Å². The second kappa shape index (κ2) is 16.9. The molecule has 2 rings (SSSR count). The number of aliphatic hydroxyl groups excluding tert-OH is 4. The van der Waals surface area contributed by atoms with E-state index in [2.05, 4.69) is 6.92 Å². The maximum Gasteiger partial charge on any atom is 0.308 e. The second-order valence-corrected chi connectivity index (χ2v) is 11.3. The molecule has 0 aromatic heterocycles. The Morgan fingerprint density at radius 3 is 1.98 bits per heavy atom. The van der Waals surface area contributed by atoms with Crippen LogP contribution in [0, 0.1) is 11.8 Å². The van der Waals surface area contributed by atoms with Crippen molar-refractivity contribution in [2.45, 2.75) is 141 Å². The van der Waals surface area contributed by atoms with Gasteiger partial charge in [-0.2, -0.15) is 0 Å². The number of carbonyl (C=O) groups excluding carboxylic acids is 2. The van der Waals surface area contributed by atoms with E-state index in [0.717, 1.165) is 38.5 Å². The van der Waals surface area contributed by atoms with Crippen molar-refractivity contribution in [2.24, 2.45) is 11.8 Å². The van der Waals surface area contributed by atoms with E-state index in [9.17, 15) is 30.0 Å². The van der Waals surface area contributed by atoms with Gasteiger partial charge in [-0.05, 0) is 13.3 Å². The topological polar surface area (TPSA) is 170 Å². The Hall–Kier alpha value is -1.38. The van der Waals surface area contributed by atoms with E-state index in [1.807, 2.05) is 0 Å². The minimum Gasteiger partial charge on any atom is -0.463 e. The van der Waals surface area contributed by atoms with Crippen molar-refractivity contribution in [3.63, 3.8) is 0 Å². The molecule has 2 heterocycles. The van der Waals surface area contributed by atoms with Crippen molar-refractivity contribution in [2.75, 3.05) is 13.2 Å². The number of hydrogen-bond acceptors (Lipinski definition) is 12. The molecule has 0 amide bonds. The quantitative estimate of drug-likeness (QED) is 0.163. The number of ether oxygens (including phenoxy) is 6. The van der Waals surface area contributed by atoms with E-state index in [-0.39, 0.29) is 19.1 Å². The minimum absolute atomic E-state index is 0.276. The monoisotopic (exact) mass is 578 g/mol. The highest BCUT2D eigenvalue weighted by Crippen LogP contribution is 2.31. The summed E-state index contributed by atoms with van der Waals surface area (Å²) in [6.07, 6.45) is -7.17. The van der Waals surface area contributed by atoms with Gasteiger partial charge in [0.25, 0.3) is 0 Å². The largest absolute Gasteiger partial charge is 0.463 e. The Labute approximate surface area is 237 Å². The molecular weight excluding hydrogens is 528 g/mol. The van der Waals surface area contributed by atoms with Crippen molar-refractivity contribution in [1.29, 1.82) is 0 Å². The lowest BCUT2D eigenvalue weighted by atomic mass is 9.97. The van der Waals surface area contributed by atoms with Crippen molar-refractivity contribution < 1.29 is 58.4 Å². The average Bonchev–Trinajstić information content (AvgIpc) is 2.91. The molecule has 0 radical (unpaired) electrons. The van der Waals surface area contributed by atoms with Crippen LogP contribution in [0.25, 0.3) is 0 Å². The number of aliphatic hydroxyl groups is 4. The third-order valence-electron chi connectivity index (χ3n) is 7.08. The zero-order valence-corrected chi connectivity index (χ0v) is 24.6. The molecule has 4 N–H and O–H groups in total. The zero-order chi connectivity index (χ0) is 30.0. The first kappa shape index (κ1) is 34.8. The first-order chi connectivity index (χ1) is 18.9. The summed E-state index contributed by atoms with van der Waals surface area (Å²) in [5.41, 5.74) is 0. The summed E-state index contributed by atoms with van der Waals surface area (Å²) < 4.78 is 33.9. The van der Waals surface area contributed by atoms with Crippen LogP contribution in [0.4, 0.5) is 0 Å². The van der Waals surface area contributed by atoms with Crippen molar-refractivity contribution in [3.8, 4) is 0 Å². The van der Waals surface area contributed by atoms with Crippen LogP contribution in [-0.2, 0) is 38.0 Å². The summed E-state index contributed by atoms with van der Waals surface area (Å²) in [6.45, 7) is 10.3. The zero-order valence-electron chi connectivity index (χ0n) is 24.6. The van der Waals surface area contributed by atoms with E-state index in [0.29, 0.717) is 0 Å². The van der Waals surface area contributed by atoms with Crippen molar-refractivity contribution in [1.82, 2.24) is 0 Å². The minimum atomic E-state index is -1.64. The van der Waals surface area contributed by atoms with E-state index in [1.165, 1.54) is 0 Å². The predicted octanol–water partition coefficient (Wildman–Crippen LogP) is 1.43. The highest BCUT2D eigenvalue weighted by molar-refractivity contribution is 5.72. The van der Waals surface area contributed by atoms with Gasteiger partial charge in [0.1, 0.15) is 43.2 Å². The van der Waals surface area contributed by atoms with Crippen LogP contribution in [0.15, 0.2) is 0 Å². The normalized spacial score (nSPS) is 34.7. The number of esters is 2. The fraction of sp³-hybridized carbons (Fsp3) is 0.929. The molecule has 2 fully saturated rings. The van der Waals surface area contributed by atoms with Crippen molar-refractivity contribution >= 4 is 11.9 Å². The van der Waals surface area contributed by atoms with E-state index in [4.69, 9.17) is 28.4 Å². The molecule has 2 saturated heterocycles. The van der Waals surface area contributed by atoms with E-state index >= 15 is 0 Å². The number of rotatable bonds is 15. The van der Waals surface area contributed by atoms with E-state index in [1.54, 1.807) is 34.6 Å². The summed E-state index contributed by atoms with van der Waals surface area (Å²) >= 11 is 0. The molecule has 2 aliphatic rings. The number of carbonyl (C=O) groups is 2.